The van der Waals surface area contributed by atoms with Gasteiger partial charge in [0.2, 0.25) is 5.91 Å². The average Bonchev–Trinajstić information content (AvgIpc) is 3.38. The third-order valence-electron chi connectivity index (χ3n) is 11.6. The summed E-state index contributed by atoms with van der Waals surface area (Å²) >= 11 is 0. The number of carbonyl (C=O) groups is 1. The molecule has 4 rings (SSSR count). The van der Waals surface area contributed by atoms with Gasteiger partial charge in [-0.3, -0.25) is 14.6 Å². The maximum Gasteiger partial charge on any atom is 0.247 e. The number of anilines is 1. The summed E-state index contributed by atoms with van der Waals surface area (Å²) in [6, 6.07) is 11.4. The number of piperidine rings is 1. The molecule has 3 aliphatic rings. The highest BCUT2D eigenvalue weighted by Gasteiger charge is 2.58. The van der Waals surface area contributed by atoms with E-state index in [0.29, 0.717) is 37.6 Å². The molecule has 1 spiro atoms. The predicted molar refractivity (Wildman–Crippen MR) is 189 cm³/mol. The van der Waals surface area contributed by atoms with E-state index in [1.807, 2.05) is 0 Å². The predicted octanol–water partition coefficient (Wildman–Crippen LogP) is 4.64. The number of rotatable bonds is 19. The zero-order valence-corrected chi connectivity index (χ0v) is 29.0. The Balaban J connectivity index is 1.35. The number of hydrogen-bond acceptors (Lipinski definition) is 7. The molecule has 3 fully saturated rings. The maximum absolute atomic E-state index is 14.0. The van der Waals surface area contributed by atoms with E-state index in [4.69, 9.17) is 11.5 Å². The van der Waals surface area contributed by atoms with Crippen molar-refractivity contribution in [1.29, 1.82) is 0 Å². The van der Waals surface area contributed by atoms with Gasteiger partial charge in [0.1, 0.15) is 5.54 Å². The van der Waals surface area contributed by atoms with Crippen molar-refractivity contribution < 1.29 is 4.79 Å². The molecular formula is C37H67N7O. The molecule has 256 valence electrons. The summed E-state index contributed by atoms with van der Waals surface area (Å²) in [4.78, 5) is 21.6. The smallest absolute Gasteiger partial charge is 0.247 e. The van der Waals surface area contributed by atoms with Crippen LogP contribution in [0.25, 0.3) is 0 Å². The van der Waals surface area contributed by atoms with Gasteiger partial charge in [-0.25, -0.2) is 0 Å². The molecule has 0 bridgehead atoms. The van der Waals surface area contributed by atoms with Crippen molar-refractivity contribution in [2.45, 2.75) is 103 Å². The number of nitrogens with zero attached hydrogens (tertiary/aromatic N) is 3. The van der Waals surface area contributed by atoms with Gasteiger partial charge in [-0.15, -0.1) is 0 Å². The van der Waals surface area contributed by atoms with Crippen LogP contribution in [0, 0.1) is 23.7 Å². The summed E-state index contributed by atoms with van der Waals surface area (Å²) in [6.07, 6.45) is 13.6. The molecule has 1 aromatic carbocycles. The first-order chi connectivity index (χ1) is 21.9. The third-order valence-corrected chi connectivity index (χ3v) is 11.6. The largest absolute Gasteiger partial charge is 0.339 e. The van der Waals surface area contributed by atoms with Crippen LogP contribution < -0.4 is 27.0 Å². The minimum Gasteiger partial charge on any atom is -0.339 e. The molecule has 1 unspecified atom stereocenters. The fourth-order valence-corrected chi connectivity index (χ4v) is 8.88. The summed E-state index contributed by atoms with van der Waals surface area (Å²) in [5.74, 6) is 2.82. The fraction of sp³-hybridized carbons (Fsp3) is 0.811. The number of nitrogens with one attached hydrogen (secondary N) is 2. The van der Waals surface area contributed by atoms with Gasteiger partial charge >= 0.3 is 0 Å². The first kappa shape index (κ1) is 36.1. The molecule has 1 saturated carbocycles. The second-order valence-electron chi connectivity index (χ2n) is 14.6. The lowest BCUT2D eigenvalue weighted by atomic mass is 9.67. The van der Waals surface area contributed by atoms with E-state index >= 15 is 0 Å². The topological polar surface area (TPSA) is 103 Å². The first-order valence-corrected chi connectivity index (χ1v) is 18.6. The van der Waals surface area contributed by atoms with Crippen molar-refractivity contribution in [3.05, 3.63) is 30.3 Å². The lowest BCUT2D eigenvalue weighted by Gasteiger charge is -2.53. The minimum absolute atomic E-state index is 0.264. The average molecular weight is 626 g/mol. The molecule has 45 heavy (non-hydrogen) atoms. The third kappa shape index (κ3) is 9.44. The van der Waals surface area contributed by atoms with Crippen molar-refractivity contribution in [2.24, 2.45) is 35.1 Å². The SMILES string of the molecule is CCC(CCCCCCNCCN(CCN)CCN)[C@@H]1CN(C2CCC(C(C)C)CC2)CC[C@@]12C(=O)NCN2c1ccccc1. The molecule has 0 radical (unpaired) electrons. The molecule has 1 aliphatic carbocycles. The summed E-state index contributed by atoms with van der Waals surface area (Å²) in [5, 5.41) is 6.94. The number of para-hydroxylation sites is 1. The van der Waals surface area contributed by atoms with Crippen LogP contribution in [-0.2, 0) is 4.79 Å². The molecule has 3 atom stereocenters. The monoisotopic (exact) mass is 626 g/mol. The number of amides is 1. The Bertz CT molecular complexity index is 963. The van der Waals surface area contributed by atoms with Crippen LogP contribution in [-0.4, -0.2) is 92.9 Å². The molecule has 6 N–H and O–H groups in total. The Morgan fingerprint density at radius 1 is 0.978 bits per heavy atom. The van der Waals surface area contributed by atoms with Crippen molar-refractivity contribution in [1.82, 2.24) is 20.4 Å². The zero-order chi connectivity index (χ0) is 32.1. The van der Waals surface area contributed by atoms with Crippen molar-refractivity contribution in [2.75, 3.05) is 70.5 Å². The van der Waals surface area contributed by atoms with E-state index in [-0.39, 0.29) is 5.91 Å². The van der Waals surface area contributed by atoms with E-state index in [1.54, 1.807) is 0 Å². The first-order valence-electron chi connectivity index (χ1n) is 18.6. The van der Waals surface area contributed by atoms with Crippen LogP contribution in [0.3, 0.4) is 0 Å². The maximum atomic E-state index is 14.0. The van der Waals surface area contributed by atoms with Gasteiger partial charge in [0.05, 0.1) is 6.67 Å². The minimum atomic E-state index is -0.445. The summed E-state index contributed by atoms with van der Waals surface area (Å²) in [6.45, 7) is 16.2. The van der Waals surface area contributed by atoms with Crippen LogP contribution >= 0.6 is 0 Å². The van der Waals surface area contributed by atoms with Crippen molar-refractivity contribution in [3.8, 4) is 0 Å². The second-order valence-corrected chi connectivity index (χ2v) is 14.6. The van der Waals surface area contributed by atoms with Gasteiger partial charge in [0, 0.05) is 70.0 Å². The lowest BCUT2D eigenvalue weighted by Crippen LogP contribution is -2.65. The highest BCUT2D eigenvalue weighted by Crippen LogP contribution is 2.46. The molecular weight excluding hydrogens is 558 g/mol. The van der Waals surface area contributed by atoms with Gasteiger partial charge in [0.25, 0.3) is 0 Å². The summed E-state index contributed by atoms with van der Waals surface area (Å²) in [7, 11) is 0. The Labute approximate surface area is 275 Å². The van der Waals surface area contributed by atoms with Crippen LogP contribution in [0.4, 0.5) is 5.69 Å². The fourth-order valence-electron chi connectivity index (χ4n) is 8.88. The molecule has 0 aromatic heterocycles. The molecule has 1 amide bonds. The number of carbonyl (C=O) groups excluding carboxylic acids is 1. The standard InChI is InChI=1S/C37H67N7O/c1-4-31(12-8-5-6-11-22-40-23-27-42(25-20-38)26-21-39)35-28-43(33-17-15-32(16-18-33)30(2)3)24-19-37(35)36(45)41-29-44(37)34-13-9-7-10-14-34/h7,9-10,13-14,30-33,35,40H,4-6,8,11-12,15-29,38-39H2,1-3H3,(H,41,45)/t31?,32?,33?,35-,37-/m0/s1. The second kappa shape index (κ2) is 18.6. The van der Waals surface area contributed by atoms with E-state index in [2.05, 4.69) is 76.4 Å². The molecule has 2 aliphatic heterocycles. The Hall–Kier alpha value is -1.71. The highest BCUT2D eigenvalue weighted by atomic mass is 16.2. The van der Waals surface area contributed by atoms with Gasteiger partial charge in [0.15, 0.2) is 0 Å². The van der Waals surface area contributed by atoms with E-state index < -0.39 is 5.54 Å². The van der Waals surface area contributed by atoms with Crippen LogP contribution in [0.1, 0.15) is 91.4 Å². The van der Waals surface area contributed by atoms with Crippen LogP contribution in [0.15, 0.2) is 30.3 Å². The van der Waals surface area contributed by atoms with Crippen LogP contribution in [0.5, 0.6) is 0 Å². The number of likely N-dealkylation sites (tertiary alicyclic amines) is 1. The summed E-state index contributed by atoms with van der Waals surface area (Å²) in [5.41, 5.74) is 12.2. The van der Waals surface area contributed by atoms with E-state index in [1.165, 1.54) is 63.5 Å². The quantitative estimate of drug-likeness (QED) is 0.166. The van der Waals surface area contributed by atoms with E-state index in [0.717, 1.165) is 70.5 Å². The zero-order valence-electron chi connectivity index (χ0n) is 29.0. The molecule has 8 heteroatoms. The van der Waals surface area contributed by atoms with Gasteiger partial charge < -0.3 is 27.0 Å². The molecule has 8 nitrogen and oxygen atoms in total. The normalized spacial score (nSPS) is 26.7. The number of hydrogen-bond donors (Lipinski definition) is 4. The molecule has 2 heterocycles. The van der Waals surface area contributed by atoms with Gasteiger partial charge in [-0.05, 0) is 75.0 Å². The van der Waals surface area contributed by atoms with Gasteiger partial charge in [-0.1, -0.05) is 71.1 Å². The number of benzene rings is 1. The van der Waals surface area contributed by atoms with Gasteiger partial charge in [-0.2, -0.15) is 0 Å². The number of unbranched alkanes of at least 4 members (excludes halogenated alkanes) is 3. The number of nitrogens with two attached hydrogens (primary N) is 2. The van der Waals surface area contributed by atoms with Crippen LogP contribution in [0.2, 0.25) is 0 Å². The Morgan fingerprint density at radius 2 is 1.69 bits per heavy atom. The Morgan fingerprint density at radius 3 is 2.36 bits per heavy atom. The molecule has 1 aromatic rings. The van der Waals surface area contributed by atoms with Crippen molar-refractivity contribution in [3.63, 3.8) is 0 Å². The summed E-state index contributed by atoms with van der Waals surface area (Å²) < 4.78 is 0. The lowest BCUT2D eigenvalue weighted by molar-refractivity contribution is -0.129. The van der Waals surface area contributed by atoms with E-state index in [9.17, 15) is 4.79 Å². The van der Waals surface area contributed by atoms with Crippen molar-refractivity contribution >= 4 is 11.6 Å². The highest BCUT2D eigenvalue weighted by molar-refractivity contribution is 5.94. The molecule has 2 saturated heterocycles. The Kier molecular flexibility index (Phi) is 14.9.